The van der Waals surface area contributed by atoms with E-state index < -0.39 is 0 Å². The maximum Gasteiger partial charge on any atom is 0.199 e. The third kappa shape index (κ3) is 8.60. The van der Waals surface area contributed by atoms with E-state index in [1.807, 2.05) is 62.4 Å². The first-order chi connectivity index (χ1) is 11.8. The van der Waals surface area contributed by atoms with E-state index in [-0.39, 0.29) is 17.9 Å². The Morgan fingerprint density at radius 1 is 0.760 bits per heavy atom. The Kier molecular flexibility index (Phi) is 7.45. The van der Waals surface area contributed by atoms with E-state index in [0.29, 0.717) is 0 Å². The van der Waals surface area contributed by atoms with Gasteiger partial charge in [-0.15, -0.1) is 0 Å². The van der Waals surface area contributed by atoms with Crippen molar-refractivity contribution in [2.75, 3.05) is 10.6 Å². The highest BCUT2D eigenvalue weighted by atomic mass is 15.2. The fourth-order valence-corrected chi connectivity index (χ4v) is 1.91. The standard InChI is InChI=1S/C9H13N5.C8H11N3/c1-6-3-2-4-7(5-6)13-9(12)14-8(10)11;1-6-3-2-4-7(5-6)11-8(9)10/h2-5H,1H3,(H6,10,11,12,13,14);2-5H,1H3,(H4,9,10,11). The summed E-state index contributed by atoms with van der Waals surface area (Å²) >= 11 is 0. The zero-order valence-electron chi connectivity index (χ0n) is 14.3. The van der Waals surface area contributed by atoms with Crippen LogP contribution in [-0.2, 0) is 0 Å². The highest BCUT2D eigenvalue weighted by molar-refractivity contribution is 6.02. The quantitative estimate of drug-likeness (QED) is 0.310. The van der Waals surface area contributed by atoms with Crippen LogP contribution in [0.3, 0.4) is 0 Å². The van der Waals surface area contributed by atoms with Crippen LogP contribution in [0.25, 0.3) is 0 Å². The summed E-state index contributed by atoms with van der Waals surface area (Å²) in [6, 6.07) is 15.3. The molecule has 2 rings (SSSR count). The first-order valence-electron chi connectivity index (χ1n) is 7.47. The van der Waals surface area contributed by atoms with Crippen LogP contribution in [0, 0.1) is 30.1 Å². The maximum atomic E-state index is 7.38. The van der Waals surface area contributed by atoms with E-state index in [9.17, 15) is 0 Å². The predicted octanol–water partition coefficient (Wildman–Crippen LogP) is 2.13. The summed E-state index contributed by atoms with van der Waals surface area (Å²) in [7, 11) is 0. The largest absolute Gasteiger partial charge is 0.370 e. The van der Waals surface area contributed by atoms with Gasteiger partial charge in [0.05, 0.1) is 0 Å². The van der Waals surface area contributed by atoms with Gasteiger partial charge in [-0.2, -0.15) is 0 Å². The molecule has 0 saturated carbocycles. The minimum Gasteiger partial charge on any atom is -0.370 e. The van der Waals surface area contributed by atoms with E-state index >= 15 is 0 Å². The molecule has 0 atom stereocenters. The molecule has 8 heteroatoms. The lowest BCUT2D eigenvalue weighted by atomic mass is 10.2. The van der Waals surface area contributed by atoms with Crippen LogP contribution in [0.15, 0.2) is 48.5 Å². The van der Waals surface area contributed by atoms with Crippen LogP contribution in [-0.4, -0.2) is 17.9 Å². The van der Waals surface area contributed by atoms with Crippen molar-refractivity contribution < 1.29 is 0 Å². The number of aryl methyl sites for hydroxylation is 2. The lowest BCUT2D eigenvalue weighted by Gasteiger charge is -2.08. The SMILES string of the molecule is Cc1cccc(NC(=N)N)c1.Cc1cccc(NC(=N)NC(=N)N)c1. The van der Waals surface area contributed by atoms with Crippen molar-refractivity contribution >= 4 is 29.3 Å². The molecule has 0 aliphatic rings. The van der Waals surface area contributed by atoms with Gasteiger partial charge in [0, 0.05) is 11.4 Å². The van der Waals surface area contributed by atoms with Gasteiger partial charge in [0.15, 0.2) is 17.9 Å². The molecule has 2 aromatic carbocycles. The fraction of sp³-hybridized carbons (Fsp3) is 0.118. The second-order valence-corrected chi connectivity index (χ2v) is 5.32. The van der Waals surface area contributed by atoms with Crippen molar-refractivity contribution in [1.29, 1.82) is 16.2 Å². The van der Waals surface area contributed by atoms with Crippen LogP contribution < -0.4 is 27.4 Å². The van der Waals surface area contributed by atoms with Gasteiger partial charge < -0.3 is 22.1 Å². The van der Waals surface area contributed by atoms with Gasteiger partial charge in [-0.3, -0.25) is 21.5 Å². The molecular formula is C17H24N8. The van der Waals surface area contributed by atoms with Gasteiger partial charge in [0.2, 0.25) is 0 Å². The van der Waals surface area contributed by atoms with Crippen molar-refractivity contribution in [2.45, 2.75) is 13.8 Å². The van der Waals surface area contributed by atoms with E-state index in [1.54, 1.807) is 0 Å². The summed E-state index contributed by atoms with van der Waals surface area (Å²) < 4.78 is 0. The topological polar surface area (TPSA) is 160 Å². The summed E-state index contributed by atoms with van der Waals surface area (Å²) in [5.74, 6) is -0.297. The van der Waals surface area contributed by atoms with Crippen LogP contribution in [0.1, 0.15) is 11.1 Å². The van der Waals surface area contributed by atoms with Gasteiger partial charge >= 0.3 is 0 Å². The molecule has 0 amide bonds. The number of hydrogen-bond acceptors (Lipinski definition) is 3. The Hall–Kier alpha value is -3.55. The molecule has 0 bridgehead atoms. The molecule has 8 nitrogen and oxygen atoms in total. The van der Waals surface area contributed by atoms with Crippen molar-refractivity contribution in [1.82, 2.24) is 5.32 Å². The molecule has 0 aromatic heterocycles. The highest BCUT2D eigenvalue weighted by Crippen LogP contribution is 2.09. The number of rotatable bonds is 2. The summed E-state index contributed by atoms with van der Waals surface area (Å²) in [6.07, 6.45) is 0. The van der Waals surface area contributed by atoms with Crippen molar-refractivity contribution in [3.05, 3.63) is 59.7 Å². The second-order valence-electron chi connectivity index (χ2n) is 5.32. The third-order valence-corrected chi connectivity index (χ3v) is 2.84. The van der Waals surface area contributed by atoms with Gasteiger partial charge in [0.1, 0.15) is 0 Å². The van der Waals surface area contributed by atoms with E-state index in [1.165, 1.54) is 0 Å². The smallest absolute Gasteiger partial charge is 0.199 e. The van der Waals surface area contributed by atoms with Crippen molar-refractivity contribution in [3.63, 3.8) is 0 Å². The average molecular weight is 340 g/mol. The molecule has 25 heavy (non-hydrogen) atoms. The normalized spacial score (nSPS) is 9.20. The number of benzene rings is 2. The van der Waals surface area contributed by atoms with Crippen LogP contribution >= 0.6 is 0 Å². The first-order valence-corrected chi connectivity index (χ1v) is 7.47. The van der Waals surface area contributed by atoms with Gasteiger partial charge in [-0.25, -0.2) is 0 Å². The molecule has 0 aliphatic carbocycles. The molecule has 0 unspecified atom stereocenters. The van der Waals surface area contributed by atoms with E-state index in [4.69, 9.17) is 27.7 Å². The molecule has 0 radical (unpaired) electrons. The third-order valence-electron chi connectivity index (χ3n) is 2.84. The maximum absolute atomic E-state index is 7.38. The monoisotopic (exact) mass is 340 g/mol. The molecule has 132 valence electrons. The summed E-state index contributed by atoms with van der Waals surface area (Å²) in [6.45, 7) is 3.96. The number of hydrogen-bond donors (Lipinski definition) is 8. The molecule has 2 aromatic rings. The number of guanidine groups is 3. The van der Waals surface area contributed by atoms with Crippen LogP contribution in [0.5, 0.6) is 0 Å². The van der Waals surface area contributed by atoms with Gasteiger partial charge in [0.25, 0.3) is 0 Å². The van der Waals surface area contributed by atoms with Gasteiger partial charge in [-0.1, -0.05) is 24.3 Å². The molecule has 0 saturated heterocycles. The Morgan fingerprint density at radius 3 is 1.64 bits per heavy atom. The fourth-order valence-electron chi connectivity index (χ4n) is 1.91. The van der Waals surface area contributed by atoms with Crippen LogP contribution in [0.2, 0.25) is 0 Å². The van der Waals surface area contributed by atoms with Gasteiger partial charge in [-0.05, 0) is 49.2 Å². The zero-order chi connectivity index (χ0) is 18.8. The predicted molar refractivity (Wildman–Crippen MR) is 104 cm³/mol. The Morgan fingerprint density at radius 2 is 1.24 bits per heavy atom. The lowest BCUT2D eigenvalue weighted by Crippen LogP contribution is -2.39. The number of nitrogens with one attached hydrogen (secondary N) is 6. The average Bonchev–Trinajstić information content (AvgIpc) is 2.46. The Labute approximate surface area is 147 Å². The summed E-state index contributed by atoms with van der Waals surface area (Å²) in [4.78, 5) is 0. The minimum absolute atomic E-state index is 0.0110. The minimum atomic E-state index is -0.254. The van der Waals surface area contributed by atoms with E-state index in [0.717, 1.165) is 22.5 Å². The zero-order valence-corrected chi connectivity index (χ0v) is 14.3. The van der Waals surface area contributed by atoms with Crippen molar-refractivity contribution in [2.24, 2.45) is 11.5 Å². The Bertz CT molecular complexity index is 754. The molecule has 0 aliphatic heterocycles. The number of nitrogens with two attached hydrogens (primary N) is 2. The molecule has 10 N–H and O–H groups in total. The molecule has 0 heterocycles. The summed E-state index contributed by atoms with van der Waals surface area (Å²) in [5, 5.41) is 29.1. The van der Waals surface area contributed by atoms with Crippen molar-refractivity contribution in [3.8, 4) is 0 Å². The highest BCUT2D eigenvalue weighted by Gasteiger charge is 1.97. The summed E-state index contributed by atoms with van der Waals surface area (Å²) in [5.41, 5.74) is 14.1. The van der Waals surface area contributed by atoms with Crippen LogP contribution in [0.4, 0.5) is 11.4 Å². The first kappa shape index (κ1) is 19.5. The number of anilines is 2. The second kappa shape index (κ2) is 9.56. The van der Waals surface area contributed by atoms with E-state index in [2.05, 4.69) is 16.0 Å². The molecular weight excluding hydrogens is 316 g/mol. The molecule has 0 fully saturated rings. The molecule has 0 spiro atoms. The Balaban J connectivity index is 0.000000257. The lowest BCUT2D eigenvalue weighted by molar-refractivity contribution is 1.20.